The van der Waals surface area contributed by atoms with Gasteiger partial charge in [-0.2, -0.15) is 5.10 Å². The Balaban J connectivity index is 2.14. The van der Waals surface area contributed by atoms with Gasteiger partial charge in [-0.15, -0.1) is 0 Å². The fraction of sp³-hybridized carbons (Fsp3) is 0.556. The van der Waals surface area contributed by atoms with E-state index in [0.717, 1.165) is 11.3 Å². The molecule has 2 N–H and O–H groups in total. The van der Waals surface area contributed by atoms with Crippen molar-refractivity contribution in [3.05, 3.63) is 17.5 Å². The smallest absolute Gasteiger partial charge is 0.162 e. The molecular weight excluding hydrogens is 214 g/mol. The minimum Gasteiger partial charge on any atom is -0.544 e. The van der Waals surface area contributed by atoms with Gasteiger partial charge < -0.3 is 15.2 Å². The van der Waals surface area contributed by atoms with Gasteiger partial charge in [0.1, 0.15) is 12.0 Å². The second-order valence-corrected chi connectivity index (χ2v) is 4.89. The topological polar surface area (TPSA) is 74.6 Å². The Hall–Kier alpha value is -1.01. The standard InChI is InChI=1S/C9H13N3O2S/c1-5-6(3-12(2)11-5)8-10-7(4-15-8)9(13)14/h3,7-8,10H,4H2,1-2H3,(H,13,14)/t7-,8+/m1/s1. The maximum atomic E-state index is 10.7. The van der Waals surface area contributed by atoms with Crippen LogP contribution in [0.1, 0.15) is 16.6 Å². The average Bonchev–Trinajstić information content (AvgIpc) is 2.71. The monoisotopic (exact) mass is 227 g/mol. The minimum atomic E-state index is -0.980. The molecule has 2 rings (SSSR count). The zero-order valence-electron chi connectivity index (χ0n) is 8.64. The van der Waals surface area contributed by atoms with Crippen molar-refractivity contribution in [3.63, 3.8) is 0 Å². The van der Waals surface area contributed by atoms with Crippen LogP contribution in [0, 0.1) is 6.92 Å². The number of carbonyl (C=O) groups excluding carboxylic acids is 1. The van der Waals surface area contributed by atoms with Crippen molar-refractivity contribution >= 4 is 17.7 Å². The van der Waals surface area contributed by atoms with E-state index in [2.05, 4.69) is 5.10 Å². The third kappa shape index (κ3) is 2.00. The molecule has 0 saturated carbocycles. The summed E-state index contributed by atoms with van der Waals surface area (Å²) in [7, 11) is 1.87. The average molecular weight is 227 g/mol. The zero-order valence-corrected chi connectivity index (χ0v) is 9.45. The molecule has 6 heteroatoms. The van der Waals surface area contributed by atoms with Crippen LogP contribution in [0.25, 0.3) is 0 Å². The van der Waals surface area contributed by atoms with Gasteiger partial charge in [0, 0.05) is 13.2 Å². The van der Waals surface area contributed by atoms with Crippen LogP contribution < -0.4 is 10.4 Å². The number of aliphatic carboxylic acids is 1. The molecule has 2 atom stereocenters. The summed E-state index contributed by atoms with van der Waals surface area (Å²) in [5.74, 6) is -0.382. The molecule has 0 spiro atoms. The number of hydrogen-bond donors (Lipinski definition) is 1. The Labute approximate surface area is 91.9 Å². The molecule has 1 fully saturated rings. The lowest BCUT2D eigenvalue weighted by Gasteiger charge is -2.09. The van der Waals surface area contributed by atoms with Gasteiger partial charge in [0.15, 0.2) is 5.37 Å². The lowest BCUT2D eigenvalue weighted by Crippen LogP contribution is -2.90. The highest BCUT2D eigenvalue weighted by molar-refractivity contribution is 7.99. The number of rotatable bonds is 2. The maximum absolute atomic E-state index is 10.7. The predicted molar refractivity (Wildman–Crippen MR) is 53.9 cm³/mol. The predicted octanol–water partition coefficient (Wildman–Crippen LogP) is -1.84. The molecule has 1 aromatic heterocycles. The normalized spacial score (nSPS) is 25.7. The SMILES string of the molecule is Cc1nn(C)cc1[C@H]1[NH2+][C@@H](C(=O)[O-])CS1. The number of carbonyl (C=O) groups is 1. The first kappa shape index (κ1) is 10.5. The van der Waals surface area contributed by atoms with Gasteiger partial charge in [-0.05, 0) is 6.92 Å². The molecule has 1 aliphatic heterocycles. The number of carboxylic acid groups (broad SMARTS) is 1. The van der Waals surface area contributed by atoms with Gasteiger partial charge >= 0.3 is 0 Å². The van der Waals surface area contributed by atoms with Gasteiger partial charge in [-0.3, -0.25) is 4.68 Å². The summed E-state index contributed by atoms with van der Waals surface area (Å²) in [5.41, 5.74) is 2.07. The van der Waals surface area contributed by atoms with Crippen LogP contribution >= 0.6 is 11.8 Å². The highest BCUT2D eigenvalue weighted by Crippen LogP contribution is 2.28. The number of aromatic nitrogens is 2. The van der Waals surface area contributed by atoms with Gasteiger partial charge in [0.05, 0.1) is 17.0 Å². The van der Waals surface area contributed by atoms with Crippen molar-refractivity contribution in [2.75, 3.05) is 5.75 Å². The summed E-state index contributed by atoms with van der Waals surface area (Å²) in [4.78, 5) is 10.7. The number of nitrogens with two attached hydrogens (primary N) is 1. The van der Waals surface area contributed by atoms with Crippen molar-refractivity contribution in [3.8, 4) is 0 Å². The van der Waals surface area contributed by atoms with Crippen LogP contribution in [0.4, 0.5) is 0 Å². The molecule has 0 unspecified atom stereocenters. The highest BCUT2D eigenvalue weighted by Gasteiger charge is 2.32. The van der Waals surface area contributed by atoms with E-state index in [9.17, 15) is 9.90 Å². The molecule has 5 nitrogen and oxygen atoms in total. The largest absolute Gasteiger partial charge is 0.544 e. The zero-order chi connectivity index (χ0) is 11.0. The van der Waals surface area contributed by atoms with E-state index in [0.29, 0.717) is 5.75 Å². The molecule has 2 heterocycles. The van der Waals surface area contributed by atoms with Gasteiger partial charge in [-0.1, -0.05) is 11.8 Å². The van der Waals surface area contributed by atoms with Crippen LogP contribution in [0.3, 0.4) is 0 Å². The Bertz CT molecular complexity index is 391. The molecule has 82 valence electrons. The molecule has 0 amide bonds. The third-order valence-corrected chi connectivity index (χ3v) is 3.84. The second-order valence-electron chi connectivity index (χ2n) is 3.72. The number of carboxylic acids is 1. The molecule has 15 heavy (non-hydrogen) atoms. The first-order chi connectivity index (χ1) is 7.08. The Kier molecular flexibility index (Phi) is 2.70. The molecule has 1 aromatic rings. The molecular formula is C9H13N3O2S. The van der Waals surface area contributed by atoms with Crippen LogP contribution in [0.5, 0.6) is 0 Å². The van der Waals surface area contributed by atoms with Crippen molar-refractivity contribution in [1.82, 2.24) is 9.78 Å². The van der Waals surface area contributed by atoms with Crippen LogP contribution in [-0.4, -0.2) is 27.5 Å². The fourth-order valence-electron chi connectivity index (χ4n) is 1.77. The van der Waals surface area contributed by atoms with Crippen molar-refractivity contribution < 1.29 is 15.2 Å². The Morgan fingerprint density at radius 3 is 3.00 bits per heavy atom. The number of thioether (sulfide) groups is 1. The summed E-state index contributed by atoms with van der Waals surface area (Å²) in [6.45, 7) is 1.94. The van der Waals surface area contributed by atoms with Gasteiger partial charge in [0.2, 0.25) is 0 Å². The van der Waals surface area contributed by atoms with E-state index in [1.54, 1.807) is 16.4 Å². The van der Waals surface area contributed by atoms with Crippen molar-refractivity contribution in [2.24, 2.45) is 7.05 Å². The maximum Gasteiger partial charge on any atom is 0.162 e. The van der Waals surface area contributed by atoms with Gasteiger partial charge in [0.25, 0.3) is 0 Å². The van der Waals surface area contributed by atoms with E-state index in [4.69, 9.17) is 0 Å². The minimum absolute atomic E-state index is 0.140. The Morgan fingerprint density at radius 1 is 1.80 bits per heavy atom. The van der Waals surface area contributed by atoms with Crippen LogP contribution in [-0.2, 0) is 11.8 Å². The number of nitrogens with zero attached hydrogens (tertiary/aromatic N) is 2. The molecule has 0 bridgehead atoms. The summed E-state index contributed by atoms with van der Waals surface area (Å²) in [6, 6.07) is -0.431. The quantitative estimate of drug-likeness (QED) is 0.644. The van der Waals surface area contributed by atoms with Gasteiger partial charge in [-0.25, -0.2) is 0 Å². The lowest BCUT2D eigenvalue weighted by molar-refractivity contribution is -0.690. The summed E-state index contributed by atoms with van der Waals surface area (Å²) < 4.78 is 1.76. The fourth-order valence-corrected chi connectivity index (χ4v) is 3.14. The van der Waals surface area contributed by atoms with E-state index < -0.39 is 12.0 Å². The lowest BCUT2D eigenvalue weighted by atomic mass is 10.2. The highest BCUT2D eigenvalue weighted by atomic mass is 32.2. The first-order valence-corrected chi connectivity index (χ1v) is 5.80. The van der Waals surface area contributed by atoms with E-state index in [1.165, 1.54) is 0 Å². The molecule has 0 radical (unpaired) electrons. The molecule has 0 aromatic carbocycles. The van der Waals surface area contributed by atoms with Crippen molar-refractivity contribution in [2.45, 2.75) is 18.3 Å². The molecule has 0 aliphatic carbocycles. The van der Waals surface area contributed by atoms with E-state index in [-0.39, 0.29) is 5.37 Å². The Morgan fingerprint density at radius 2 is 2.53 bits per heavy atom. The third-order valence-electron chi connectivity index (χ3n) is 2.52. The number of hydrogen-bond acceptors (Lipinski definition) is 4. The second kappa shape index (κ2) is 3.86. The summed E-state index contributed by atoms with van der Waals surface area (Å²) in [5, 5.41) is 16.9. The van der Waals surface area contributed by atoms with Crippen LogP contribution in [0.15, 0.2) is 6.20 Å². The number of aryl methyl sites for hydroxylation is 2. The summed E-state index contributed by atoms with van der Waals surface area (Å²) >= 11 is 1.63. The van der Waals surface area contributed by atoms with Crippen LogP contribution in [0.2, 0.25) is 0 Å². The summed E-state index contributed by atoms with van der Waals surface area (Å²) in [6.07, 6.45) is 1.95. The molecule has 1 aliphatic rings. The van der Waals surface area contributed by atoms with E-state index >= 15 is 0 Å². The molecule has 1 saturated heterocycles. The van der Waals surface area contributed by atoms with E-state index in [1.807, 2.05) is 25.5 Å². The van der Waals surface area contributed by atoms with Crippen molar-refractivity contribution in [1.29, 1.82) is 0 Å². The number of quaternary nitrogens is 1. The first-order valence-electron chi connectivity index (χ1n) is 4.75.